The molecule has 1 aromatic carbocycles. The number of nitrogens with one attached hydrogen (secondary N) is 1. The lowest BCUT2D eigenvalue weighted by molar-refractivity contribution is 0.246. The van der Waals surface area contributed by atoms with E-state index < -0.39 is 0 Å². The Labute approximate surface area is 123 Å². The van der Waals surface area contributed by atoms with Gasteiger partial charge >= 0.3 is 0 Å². The van der Waals surface area contributed by atoms with Gasteiger partial charge in [-0.3, -0.25) is 4.90 Å². The minimum absolute atomic E-state index is 0.0301. The Hall–Kier alpha value is -0.450. The van der Waals surface area contributed by atoms with Crippen LogP contribution in [0.3, 0.4) is 0 Å². The second-order valence-corrected chi connectivity index (χ2v) is 6.30. The molecule has 0 radical (unpaired) electrons. The summed E-state index contributed by atoms with van der Waals surface area (Å²) >= 11 is 3.40. The molecule has 1 aliphatic heterocycles. The minimum atomic E-state index is -0.142. The van der Waals surface area contributed by atoms with E-state index in [0.29, 0.717) is 6.04 Å². The Morgan fingerprint density at radius 1 is 1.32 bits per heavy atom. The van der Waals surface area contributed by atoms with Gasteiger partial charge < -0.3 is 5.32 Å². The number of halogens is 2. The molecule has 2 nitrogen and oxygen atoms in total. The largest absolute Gasteiger partial charge is 0.309 e. The molecule has 2 rings (SSSR count). The van der Waals surface area contributed by atoms with Crippen molar-refractivity contribution in [2.24, 2.45) is 0 Å². The molecule has 0 aliphatic carbocycles. The summed E-state index contributed by atoms with van der Waals surface area (Å²) in [5.41, 5.74) is 0.725. The van der Waals surface area contributed by atoms with Crippen molar-refractivity contribution in [3.63, 3.8) is 0 Å². The molecule has 0 aromatic heterocycles. The van der Waals surface area contributed by atoms with Crippen LogP contribution in [-0.2, 0) is 0 Å². The second-order valence-electron chi connectivity index (χ2n) is 5.39. The van der Waals surface area contributed by atoms with E-state index in [9.17, 15) is 4.39 Å². The SMILES string of the molecule is CC(NCC(C)N1CCCC1)c1cc(Br)ccc1F. The van der Waals surface area contributed by atoms with E-state index in [2.05, 4.69) is 33.1 Å². The average Bonchev–Trinajstić information content (AvgIpc) is 2.92. The van der Waals surface area contributed by atoms with E-state index in [0.717, 1.165) is 16.6 Å². The zero-order valence-corrected chi connectivity index (χ0v) is 13.2. The molecule has 0 bridgehead atoms. The molecule has 106 valence electrons. The highest BCUT2D eigenvalue weighted by molar-refractivity contribution is 9.10. The number of hydrogen-bond donors (Lipinski definition) is 1. The van der Waals surface area contributed by atoms with Crippen LogP contribution in [0.2, 0.25) is 0 Å². The molecule has 1 fully saturated rings. The quantitative estimate of drug-likeness (QED) is 0.886. The molecule has 0 amide bonds. The smallest absolute Gasteiger partial charge is 0.128 e. The fraction of sp³-hybridized carbons (Fsp3) is 0.600. The van der Waals surface area contributed by atoms with Gasteiger partial charge in [0, 0.05) is 28.7 Å². The van der Waals surface area contributed by atoms with Gasteiger partial charge in [0.25, 0.3) is 0 Å². The molecule has 19 heavy (non-hydrogen) atoms. The summed E-state index contributed by atoms with van der Waals surface area (Å²) in [6.45, 7) is 7.54. The zero-order chi connectivity index (χ0) is 13.8. The third-order valence-corrected chi connectivity index (χ3v) is 4.40. The number of rotatable bonds is 5. The van der Waals surface area contributed by atoms with Gasteiger partial charge in [0.1, 0.15) is 5.82 Å². The first-order valence-electron chi connectivity index (χ1n) is 7.00. The van der Waals surface area contributed by atoms with Gasteiger partial charge in [-0.15, -0.1) is 0 Å². The Kier molecular flexibility index (Phi) is 5.37. The molecule has 2 atom stereocenters. The molecule has 2 unspecified atom stereocenters. The predicted octanol–water partition coefficient (Wildman–Crippen LogP) is 3.72. The predicted molar refractivity (Wildman–Crippen MR) is 80.8 cm³/mol. The van der Waals surface area contributed by atoms with E-state index in [4.69, 9.17) is 0 Å². The summed E-state index contributed by atoms with van der Waals surface area (Å²) < 4.78 is 14.7. The van der Waals surface area contributed by atoms with Crippen LogP contribution in [0.5, 0.6) is 0 Å². The van der Waals surface area contributed by atoms with Crippen molar-refractivity contribution in [2.45, 2.75) is 38.8 Å². The Morgan fingerprint density at radius 3 is 2.68 bits per heavy atom. The molecule has 1 saturated heterocycles. The van der Waals surface area contributed by atoms with E-state index in [1.165, 1.54) is 32.0 Å². The van der Waals surface area contributed by atoms with Crippen LogP contribution in [0.4, 0.5) is 4.39 Å². The average molecular weight is 329 g/mol. The van der Waals surface area contributed by atoms with Crippen molar-refractivity contribution < 1.29 is 4.39 Å². The van der Waals surface area contributed by atoms with Gasteiger partial charge in [0.2, 0.25) is 0 Å². The first-order valence-corrected chi connectivity index (χ1v) is 7.79. The van der Waals surface area contributed by atoms with Gasteiger partial charge in [0.05, 0.1) is 0 Å². The maximum Gasteiger partial charge on any atom is 0.128 e. The summed E-state index contributed by atoms with van der Waals surface area (Å²) in [5.74, 6) is -0.142. The van der Waals surface area contributed by atoms with Crippen LogP contribution in [-0.4, -0.2) is 30.6 Å². The van der Waals surface area contributed by atoms with E-state index in [-0.39, 0.29) is 11.9 Å². The van der Waals surface area contributed by atoms with Crippen molar-refractivity contribution >= 4 is 15.9 Å². The van der Waals surface area contributed by atoms with Gasteiger partial charge in [-0.2, -0.15) is 0 Å². The van der Waals surface area contributed by atoms with Crippen molar-refractivity contribution in [3.8, 4) is 0 Å². The van der Waals surface area contributed by atoms with Crippen molar-refractivity contribution in [1.29, 1.82) is 0 Å². The van der Waals surface area contributed by atoms with E-state index in [1.807, 2.05) is 13.0 Å². The van der Waals surface area contributed by atoms with Gasteiger partial charge in [-0.05, 0) is 58.0 Å². The summed E-state index contributed by atoms with van der Waals surface area (Å²) in [6, 6.07) is 5.65. The lowest BCUT2D eigenvalue weighted by Crippen LogP contribution is -2.39. The maximum atomic E-state index is 13.8. The van der Waals surface area contributed by atoms with Crippen molar-refractivity contribution in [3.05, 3.63) is 34.1 Å². The number of benzene rings is 1. The topological polar surface area (TPSA) is 15.3 Å². The first kappa shape index (κ1) is 14.9. The lowest BCUT2D eigenvalue weighted by atomic mass is 10.1. The monoisotopic (exact) mass is 328 g/mol. The van der Waals surface area contributed by atoms with Crippen molar-refractivity contribution in [1.82, 2.24) is 10.2 Å². The first-order chi connectivity index (χ1) is 9.08. The molecule has 1 N–H and O–H groups in total. The lowest BCUT2D eigenvalue weighted by Gasteiger charge is -2.26. The molecular weight excluding hydrogens is 307 g/mol. The number of hydrogen-bond acceptors (Lipinski definition) is 2. The molecular formula is C15H22BrFN2. The molecule has 1 heterocycles. The van der Waals surface area contributed by atoms with E-state index in [1.54, 1.807) is 6.07 Å². The normalized spacial score (nSPS) is 19.6. The summed E-state index contributed by atoms with van der Waals surface area (Å²) in [7, 11) is 0. The second kappa shape index (κ2) is 6.82. The summed E-state index contributed by atoms with van der Waals surface area (Å²) in [4.78, 5) is 2.50. The molecule has 1 aromatic rings. The van der Waals surface area contributed by atoms with Crippen LogP contribution in [0.1, 0.15) is 38.3 Å². The van der Waals surface area contributed by atoms with Crippen LogP contribution in [0.15, 0.2) is 22.7 Å². The van der Waals surface area contributed by atoms with Crippen molar-refractivity contribution in [2.75, 3.05) is 19.6 Å². The highest BCUT2D eigenvalue weighted by Gasteiger charge is 2.19. The minimum Gasteiger partial charge on any atom is -0.309 e. The summed E-state index contributed by atoms with van der Waals surface area (Å²) in [6.07, 6.45) is 2.61. The third-order valence-electron chi connectivity index (χ3n) is 3.91. The highest BCUT2D eigenvalue weighted by Crippen LogP contribution is 2.21. The van der Waals surface area contributed by atoms with Crippen LogP contribution < -0.4 is 5.32 Å². The number of nitrogens with zero attached hydrogens (tertiary/aromatic N) is 1. The van der Waals surface area contributed by atoms with Gasteiger partial charge in [0.15, 0.2) is 0 Å². The standard InChI is InChI=1S/C15H22BrFN2/c1-11(19-7-3-4-8-19)10-18-12(2)14-9-13(16)5-6-15(14)17/h5-6,9,11-12,18H,3-4,7-8,10H2,1-2H3. The Morgan fingerprint density at radius 2 is 2.00 bits per heavy atom. The van der Waals surface area contributed by atoms with Gasteiger partial charge in [-0.1, -0.05) is 15.9 Å². The van der Waals surface area contributed by atoms with Crippen LogP contribution >= 0.6 is 15.9 Å². The van der Waals surface area contributed by atoms with E-state index >= 15 is 0 Å². The van der Waals surface area contributed by atoms with Crippen LogP contribution in [0, 0.1) is 5.82 Å². The fourth-order valence-corrected chi connectivity index (χ4v) is 2.99. The Balaban J connectivity index is 1.89. The molecule has 0 spiro atoms. The Bertz CT molecular complexity index is 419. The molecule has 4 heteroatoms. The number of likely N-dealkylation sites (tertiary alicyclic amines) is 1. The maximum absolute atomic E-state index is 13.8. The molecule has 0 saturated carbocycles. The summed E-state index contributed by atoms with van der Waals surface area (Å²) in [5, 5.41) is 3.44. The molecule has 1 aliphatic rings. The zero-order valence-electron chi connectivity index (χ0n) is 11.6. The highest BCUT2D eigenvalue weighted by atomic mass is 79.9. The fourth-order valence-electron chi connectivity index (χ4n) is 2.62. The van der Waals surface area contributed by atoms with Gasteiger partial charge in [-0.25, -0.2) is 4.39 Å². The third kappa shape index (κ3) is 4.01. The van der Waals surface area contributed by atoms with Crippen LogP contribution in [0.25, 0.3) is 0 Å².